The van der Waals surface area contributed by atoms with E-state index in [0.717, 1.165) is 61.4 Å². The molecule has 4 rings (SSSR count). The van der Waals surface area contributed by atoms with Gasteiger partial charge in [-0.15, -0.1) is 0 Å². The Kier molecular flexibility index (Phi) is 9.11. The molecule has 1 aromatic heterocycles. The van der Waals surface area contributed by atoms with Gasteiger partial charge in [0.2, 0.25) is 0 Å². The van der Waals surface area contributed by atoms with Crippen molar-refractivity contribution in [2.24, 2.45) is 4.99 Å². The van der Waals surface area contributed by atoms with Crippen molar-refractivity contribution in [1.29, 1.82) is 0 Å². The van der Waals surface area contributed by atoms with Crippen LogP contribution in [0.2, 0.25) is 0 Å². The lowest BCUT2D eigenvalue weighted by atomic mass is 10.1. The highest BCUT2D eigenvalue weighted by Crippen LogP contribution is 2.16. The molecule has 0 bridgehead atoms. The quantitative estimate of drug-likeness (QED) is 0.224. The molecular formula is C26H31N7O5. The second-order valence-corrected chi connectivity index (χ2v) is 8.74. The molecule has 0 fully saturated rings. The van der Waals surface area contributed by atoms with E-state index >= 15 is 0 Å². The number of amides is 2. The Morgan fingerprint density at radius 2 is 1.97 bits per heavy atom. The summed E-state index contributed by atoms with van der Waals surface area (Å²) >= 11 is 0. The number of carbonyl (C=O) groups excluding carboxylic acids is 2. The van der Waals surface area contributed by atoms with Gasteiger partial charge in [-0.3, -0.25) is 14.5 Å². The van der Waals surface area contributed by atoms with Gasteiger partial charge in [0.25, 0.3) is 5.91 Å². The Balaban J connectivity index is 1.24. The van der Waals surface area contributed by atoms with Crippen LogP contribution in [0.5, 0.6) is 0 Å². The molecule has 12 heteroatoms. The van der Waals surface area contributed by atoms with E-state index in [1.54, 1.807) is 42.6 Å². The van der Waals surface area contributed by atoms with E-state index in [9.17, 15) is 19.5 Å². The van der Waals surface area contributed by atoms with Crippen molar-refractivity contribution in [2.75, 3.05) is 26.2 Å². The maximum absolute atomic E-state index is 12.7. The largest absolute Gasteiger partial charge is 0.480 e. The van der Waals surface area contributed by atoms with Crippen LogP contribution in [0.1, 0.15) is 28.8 Å². The summed E-state index contributed by atoms with van der Waals surface area (Å²) in [6.07, 6.45) is 2.70. The fraction of sp³-hybridized carbons (Fsp3) is 0.346. The predicted octanol–water partition coefficient (Wildman–Crippen LogP) is 1.47. The molecule has 0 spiro atoms. The van der Waals surface area contributed by atoms with E-state index in [-0.39, 0.29) is 13.2 Å². The first-order valence-electron chi connectivity index (χ1n) is 12.5. The number of carboxylic acid groups (broad SMARTS) is 1. The lowest BCUT2D eigenvalue weighted by Gasteiger charge is -2.15. The highest BCUT2D eigenvalue weighted by Gasteiger charge is 2.22. The van der Waals surface area contributed by atoms with Crippen molar-refractivity contribution in [1.82, 2.24) is 31.0 Å². The molecule has 2 aromatic carbocycles. The summed E-state index contributed by atoms with van der Waals surface area (Å²) in [6.45, 7) is 2.95. The molecule has 3 aromatic rings. The van der Waals surface area contributed by atoms with Crippen LogP contribution in [0.4, 0.5) is 4.79 Å². The van der Waals surface area contributed by atoms with E-state index in [2.05, 4.69) is 31.4 Å². The van der Waals surface area contributed by atoms with E-state index in [1.165, 1.54) is 0 Å². The number of aliphatic imine (C=N–C) groups is 1. The second-order valence-electron chi connectivity index (χ2n) is 8.74. The van der Waals surface area contributed by atoms with E-state index in [0.29, 0.717) is 5.56 Å². The number of aryl methyl sites for hydroxylation is 1. The fourth-order valence-electron chi connectivity index (χ4n) is 3.92. The highest BCUT2D eigenvalue weighted by atomic mass is 16.5. The molecule has 12 nitrogen and oxygen atoms in total. The average Bonchev–Trinajstić information content (AvgIpc) is 3.59. The zero-order valence-corrected chi connectivity index (χ0v) is 20.9. The highest BCUT2D eigenvalue weighted by molar-refractivity contribution is 5.98. The Morgan fingerprint density at radius 3 is 2.74 bits per heavy atom. The first kappa shape index (κ1) is 26.5. The number of hydrogen-bond acceptors (Lipinski definition) is 8. The van der Waals surface area contributed by atoms with Gasteiger partial charge >= 0.3 is 12.1 Å². The third kappa shape index (κ3) is 7.45. The number of ether oxygens (including phenoxy) is 1. The molecule has 0 saturated heterocycles. The SMILES string of the molecule is O=C(N[C@@H](CNC(=O)c1ccc2c(cnn2CCCCNC2=NCCN2)c1)C(=O)O)OCc1ccccc1. The van der Waals surface area contributed by atoms with Crippen molar-refractivity contribution in [3.05, 3.63) is 65.9 Å². The second kappa shape index (κ2) is 13.1. The molecule has 1 atom stereocenters. The number of rotatable bonds is 12. The Hall–Kier alpha value is -4.61. The van der Waals surface area contributed by atoms with Gasteiger partial charge in [0, 0.05) is 37.1 Å². The van der Waals surface area contributed by atoms with Gasteiger partial charge in [-0.05, 0) is 36.6 Å². The number of carbonyl (C=O) groups is 3. The van der Waals surface area contributed by atoms with E-state index < -0.39 is 24.0 Å². The lowest BCUT2D eigenvalue weighted by Crippen LogP contribution is -2.48. The van der Waals surface area contributed by atoms with Crippen molar-refractivity contribution in [3.63, 3.8) is 0 Å². The van der Waals surface area contributed by atoms with Crippen LogP contribution in [-0.2, 0) is 22.7 Å². The molecule has 1 aliphatic heterocycles. The molecular weight excluding hydrogens is 490 g/mol. The normalized spacial score (nSPS) is 13.3. The van der Waals surface area contributed by atoms with Crippen LogP contribution in [-0.4, -0.2) is 71.0 Å². The molecule has 38 heavy (non-hydrogen) atoms. The number of hydrogen-bond donors (Lipinski definition) is 5. The van der Waals surface area contributed by atoms with Crippen LogP contribution < -0.4 is 21.3 Å². The van der Waals surface area contributed by atoms with Crippen LogP contribution in [0.15, 0.2) is 59.7 Å². The maximum atomic E-state index is 12.7. The minimum atomic E-state index is -1.35. The maximum Gasteiger partial charge on any atom is 0.408 e. The van der Waals surface area contributed by atoms with Crippen LogP contribution in [0.3, 0.4) is 0 Å². The van der Waals surface area contributed by atoms with Gasteiger partial charge in [0.05, 0.1) is 18.3 Å². The Bertz CT molecular complexity index is 1290. The van der Waals surface area contributed by atoms with E-state index in [4.69, 9.17) is 4.74 Å². The number of aliphatic carboxylic acids is 1. The summed E-state index contributed by atoms with van der Waals surface area (Å²) in [5, 5.41) is 26.0. The number of guanidine groups is 1. The van der Waals surface area contributed by atoms with Gasteiger partial charge in [-0.25, -0.2) is 9.59 Å². The third-order valence-corrected chi connectivity index (χ3v) is 5.94. The molecule has 1 aliphatic rings. The van der Waals surface area contributed by atoms with Crippen molar-refractivity contribution >= 4 is 34.8 Å². The lowest BCUT2D eigenvalue weighted by molar-refractivity contribution is -0.139. The van der Waals surface area contributed by atoms with Crippen LogP contribution in [0.25, 0.3) is 10.9 Å². The third-order valence-electron chi connectivity index (χ3n) is 5.94. The summed E-state index contributed by atoms with van der Waals surface area (Å²) < 4.78 is 6.97. The molecule has 2 heterocycles. The number of aromatic nitrogens is 2. The first-order valence-corrected chi connectivity index (χ1v) is 12.5. The number of unbranched alkanes of at least 4 members (excludes halogenated alkanes) is 1. The van der Waals surface area contributed by atoms with Gasteiger partial charge in [0.1, 0.15) is 12.6 Å². The molecule has 0 unspecified atom stereocenters. The molecule has 0 aliphatic carbocycles. The van der Waals surface area contributed by atoms with Gasteiger partial charge in [-0.1, -0.05) is 30.3 Å². The molecule has 2 amide bonds. The molecule has 0 radical (unpaired) electrons. The number of carboxylic acids is 1. The van der Waals surface area contributed by atoms with Crippen molar-refractivity contribution in [3.8, 4) is 0 Å². The minimum Gasteiger partial charge on any atom is -0.480 e. The molecule has 0 saturated carbocycles. The van der Waals surface area contributed by atoms with Gasteiger partial charge in [0.15, 0.2) is 5.96 Å². The van der Waals surface area contributed by atoms with Crippen LogP contribution >= 0.6 is 0 Å². The number of fused-ring (bicyclic) bond motifs is 1. The van der Waals surface area contributed by atoms with Gasteiger partial charge < -0.3 is 31.1 Å². The summed E-state index contributed by atoms with van der Waals surface area (Å²) in [6, 6.07) is 12.9. The molecule has 200 valence electrons. The number of benzene rings is 2. The van der Waals surface area contributed by atoms with Crippen LogP contribution in [0, 0.1) is 0 Å². The smallest absolute Gasteiger partial charge is 0.408 e. The topological polar surface area (TPSA) is 159 Å². The summed E-state index contributed by atoms with van der Waals surface area (Å²) in [5.41, 5.74) is 2.04. The van der Waals surface area contributed by atoms with E-state index in [1.807, 2.05) is 16.8 Å². The van der Waals surface area contributed by atoms with Crippen molar-refractivity contribution in [2.45, 2.75) is 32.0 Å². The van der Waals surface area contributed by atoms with Gasteiger partial charge in [-0.2, -0.15) is 5.10 Å². The summed E-state index contributed by atoms with van der Waals surface area (Å²) in [7, 11) is 0. The van der Waals surface area contributed by atoms with Crippen molar-refractivity contribution < 1.29 is 24.2 Å². The predicted molar refractivity (Wildman–Crippen MR) is 141 cm³/mol. The Labute approximate surface area is 219 Å². The summed E-state index contributed by atoms with van der Waals surface area (Å²) in [4.78, 5) is 40.6. The monoisotopic (exact) mass is 521 g/mol. The fourth-order valence-corrected chi connectivity index (χ4v) is 3.92. The Morgan fingerprint density at radius 1 is 1.13 bits per heavy atom. The first-order chi connectivity index (χ1) is 18.5. The minimum absolute atomic E-state index is 0.00317. The molecule has 5 N–H and O–H groups in total. The summed E-state index contributed by atoms with van der Waals surface area (Å²) in [5.74, 6) is -0.893. The standard InChI is InChI=1S/C26H31N7O5/c34-23(30-16-21(24(35)36)32-26(37)38-17-18-6-2-1-3-7-18)19-8-9-22-20(14-19)15-31-33(22)13-5-4-10-27-25-28-11-12-29-25/h1-3,6-9,14-15,21H,4-5,10-13,16-17H2,(H,30,34)(H,32,37)(H,35,36)(H2,27,28,29)/t21-/m0/s1. The number of nitrogens with one attached hydrogen (secondary N) is 4. The zero-order valence-electron chi connectivity index (χ0n) is 20.9. The zero-order chi connectivity index (χ0) is 26.7. The number of nitrogens with zero attached hydrogens (tertiary/aromatic N) is 3. The average molecular weight is 522 g/mol. The number of alkyl carbamates (subject to hydrolysis) is 1.